The predicted molar refractivity (Wildman–Crippen MR) is 74.5 cm³/mol. The number of nitrogens with zero attached hydrogens (tertiary/aromatic N) is 1. The number of hydrogen-bond donors (Lipinski definition) is 0. The van der Waals surface area contributed by atoms with E-state index in [1.165, 1.54) is 14.2 Å². The molecule has 0 aliphatic carbocycles. The van der Waals surface area contributed by atoms with Crippen LogP contribution in [0, 0.1) is 34.5 Å². The zero-order valence-electron chi connectivity index (χ0n) is 13.2. The summed E-state index contributed by atoms with van der Waals surface area (Å²) in [5, 5.41) is 9.68. The van der Waals surface area contributed by atoms with E-state index in [1.807, 2.05) is 20.8 Å². The number of carbonyl (C=O) groups is 2. The van der Waals surface area contributed by atoms with Crippen LogP contribution in [-0.2, 0) is 19.1 Å². The molecule has 20 heavy (non-hydrogen) atoms. The number of ether oxygens (including phenoxy) is 2. The second-order valence-electron chi connectivity index (χ2n) is 5.17. The zero-order valence-corrected chi connectivity index (χ0v) is 13.2. The quantitative estimate of drug-likeness (QED) is 0.671. The molecule has 114 valence electrons. The first-order chi connectivity index (χ1) is 9.36. The average Bonchev–Trinajstić information content (AvgIpc) is 2.49. The van der Waals surface area contributed by atoms with Crippen LogP contribution >= 0.6 is 0 Å². The summed E-state index contributed by atoms with van der Waals surface area (Å²) in [5.74, 6) is -2.49. The molecule has 0 saturated heterocycles. The maximum atomic E-state index is 12.3. The number of carbonyl (C=O) groups excluding carboxylic acids is 2. The Labute approximate surface area is 121 Å². The lowest BCUT2D eigenvalue weighted by molar-refractivity contribution is -0.168. The van der Waals surface area contributed by atoms with E-state index in [0.29, 0.717) is 12.8 Å². The van der Waals surface area contributed by atoms with Crippen molar-refractivity contribution >= 4 is 11.9 Å². The van der Waals surface area contributed by atoms with Crippen molar-refractivity contribution in [1.29, 1.82) is 5.26 Å². The van der Waals surface area contributed by atoms with Crippen LogP contribution < -0.4 is 0 Å². The normalized spacial score (nSPS) is 18.1. The minimum absolute atomic E-state index is 0.157. The summed E-state index contributed by atoms with van der Waals surface area (Å²) in [6, 6.07) is 2.07. The van der Waals surface area contributed by atoms with Crippen LogP contribution in [0.2, 0.25) is 0 Å². The highest BCUT2D eigenvalue weighted by atomic mass is 16.5. The molecular formula is C15H25NO4. The Morgan fingerprint density at radius 1 is 1.15 bits per heavy atom. The highest BCUT2D eigenvalue weighted by Gasteiger charge is 2.56. The SMILES string of the molecule is CCC(C)C(C(=O)OC)C(C#N)(C(=O)OC)C(C)CC. The minimum atomic E-state index is -1.51. The second-order valence-corrected chi connectivity index (χ2v) is 5.17. The lowest BCUT2D eigenvalue weighted by Gasteiger charge is -2.37. The molecule has 0 bridgehead atoms. The fourth-order valence-corrected chi connectivity index (χ4v) is 2.58. The zero-order chi connectivity index (χ0) is 15.9. The Bertz CT molecular complexity index is 388. The van der Waals surface area contributed by atoms with E-state index in [0.717, 1.165) is 0 Å². The van der Waals surface area contributed by atoms with Gasteiger partial charge in [-0.15, -0.1) is 0 Å². The first-order valence-electron chi connectivity index (χ1n) is 6.94. The Hall–Kier alpha value is -1.57. The van der Waals surface area contributed by atoms with Crippen LogP contribution in [0.1, 0.15) is 40.5 Å². The third kappa shape index (κ3) is 3.12. The fraction of sp³-hybridized carbons (Fsp3) is 0.800. The van der Waals surface area contributed by atoms with Crippen molar-refractivity contribution in [2.45, 2.75) is 40.5 Å². The van der Waals surface area contributed by atoms with Gasteiger partial charge in [0.15, 0.2) is 5.41 Å². The van der Waals surface area contributed by atoms with Gasteiger partial charge in [0.05, 0.1) is 26.2 Å². The summed E-state index contributed by atoms with van der Waals surface area (Å²) in [6.45, 7) is 7.43. The van der Waals surface area contributed by atoms with Crippen molar-refractivity contribution in [3.05, 3.63) is 0 Å². The van der Waals surface area contributed by atoms with Crippen molar-refractivity contribution in [3.63, 3.8) is 0 Å². The highest BCUT2D eigenvalue weighted by Crippen LogP contribution is 2.44. The molecule has 0 aliphatic heterocycles. The van der Waals surface area contributed by atoms with E-state index in [2.05, 4.69) is 6.07 Å². The van der Waals surface area contributed by atoms with Crippen LogP contribution in [-0.4, -0.2) is 26.2 Å². The van der Waals surface area contributed by atoms with Crippen molar-refractivity contribution in [1.82, 2.24) is 0 Å². The van der Waals surface area contributed by atoms with E-state index < -0.39 is 23.3 Å². The Morgan fingerprint density at radius 2 is 1.70 bits per heavy atom. The van der Waals surface area contributed by atoms with E-state index in [9.17, 15) is 14.9 Å². The molecule has 5 nitrogen and oxygen atoms in total. The molecule has 0 spiro atoms. The van der Waals surface area contributed by atoms with Crippen LogP contribution in [0.25, 0.3) is 0 Å². The third-order valence-corrected chi connectivity index (χ3v) is 4.26. The van der Waals surface area contributed by atoms with Gasteiger partial charge in [0.25, 0.3) is 0 Å². The molecule has 0 heterocycles. The lowest BCUT2D eigenvalue weighted by Crippen LogP contribution is -2.49. The fourth-order valence-electron chi connectivity index (χ4n) is 2.58. The first-order valence-corrected chi connectivity index (χ1v) is 6.94. The van der Waals surface area contributed by atoms with Gasteiger partial charge in [-0.05, 0) is 11.8 Å². The van der Waals surface area contributed by atoms with Crippen LogP contribution in [0.4, 0.5) is 0 Å². The molecule has 4 unspecified atom stereocenters. The molecule has 4 atom stereocenters. The molecular weight excluding hydrogens is 258 g/mol. The summed E-state index contributed by atoms with van der Waals surface area (Å²) in [5.41, 5.74) is -1.51. The Kier molecular flexibility index (Phi) is 7.26. The van der Waals surface area contributed by atoms with Crippen LogP contribution in [0.5, 0.6) is 0 Å². The third-order valence-electron chi connectivity index (χ3n) is 4.26. The lowest BCUT2D eigenvalue weighted by atomic mass is 9.62. The van der Waals surface area contributed by atoms with Crippen molar-refractivity contribution in [2.24, 2.45) is 23.2 Å². The van der Waals surface area contributed by atoms with Gasteiger partial charge in [-0.1, -0.05) is 40.5 Å². The molecule has 5 heteroatoms. The van der Waals surface area contributed by atoms with Gasteiger partial charge in [0, 0.05) is 0 Å². The summed E-state index contributed by atoms with van der Waals surface area (Å²) >= 11 is 0. The molecule has 0 aromatic heterocycles. The summed E-state index contributed by atoms with van der Waals surface area (Å²) in [6.07, 6.45) is 1.25. The summed E-state index contributed by atoms with van der Waals surface area (Å²) in [7, 11) is 2.51. The first kappa shape index (κ1) is 18.4. The largest absolute Gasteiger partial charge is 0.469 e. The monoisotopic (exact) mass is 283 g/mol. The summed E-state index contributed by atoms with van der Waals surface area (Å²) in [4.78, 5) is 24.5. The predicted octanol–water partition coefficient (Wildman–Crippen LogP) is 2.55. The Morgan fingerprint density at radius 3 is 2.00 bits per heavy atom. The molecule has 0 fully saturated rings. The van der Waals surface area contributed by atoms with Gasteiger partial charge in [0.1, 0.15) is 0 Å². The van der Waals surface area contributed by atoms with E-state index in [1.54, 1.807) is 6.92 Å². The molecule has 0 amide bonds. The van der Waals surface area contributed by atoms with Gasteiger partial charge in [-0.25, -0.2) is 0 Å². The van der Waals surface area contributed by atoms with Gasteiger partial charge in [-0.2, -0.15) is 5.26 Å². The topological polar surface area (TPSA) is 76.4 Å². The van der Waals surface area contributed by atoms with Gasteiger partial charge < -0.3 is 9.47 Å². The summed E-state index contributed by atoms with van der Waals surface area (Å²) < 4.78 is 9.67. The van der Waals surface area contributed by atoms with Gasteiger partial charge in [-0.3, -0.25) is 9.59 Å². The minimum Gasteiger partial charge on any atom is -0.469 e. The number of esters is 2. The van der Waals surface area contributed by atoms with Gasteiger partial charge >= 0.3 is 11.9 Å². The Balaban J connectivity index is 6.08. The van der Waals surface area contributed by atoms with Crippen molar-refractivity contribution in [2.75, 3.05) is 14.2 Å². The molecule has 0 saturated carbocycles. The average molecular weight is 283 g/mol. The maximum absolute atomic E-state index is 12.3. The molecule has 0 aromatic rings. The van der Waals surface area contributed by atoms with Gasteiger partial charge in [0.2, 0.25) is 0 Å². The molecule has 0 radical (unpaired) electrons. The molecule has 0 aromatic carbocycles. The molecule has 0 aliphatic rings. The maximum Gasteiger partial charge on any atom is 0.327 e. The van der Waals surface area contributed by atoms with Crippen LogP contribution in [0.3, 0.4) is 0 Å². The van der Waals surface area contributed by atoms with Crippen molar-refractivity contribution in [3.8, 4) is 6.07 Å². The number of nitriles is 1. The number of hydrogen-bond acceptors (Lipinski definition) is 5. The molecule has 0 rings (SSSR count). The standard InChI is InChI=1S/C15H25NO4/c1-7-10(3)12(13(17)19-5)15(9-16,11(4)8-2)14(18)20-6/h10-12H,7-8H2,1-6H3. The number of methoxy groups -OCH3 is 2. The van der Waals surface area contributed by atoms with E-state index in [-0.39, 0.29) is 11.8 Å². The van der Waals surface area contributed by atoms with Crippen molar-refractivity contribution < 1.29 is 19.1 Å². The molecule has 0 N–H and O–H groups in total. The highest BCUT2D eigenvalue weighted by molar-refractivity contribution is 5.88. The number of rotatable bonds is 7. The van der Waals surface area contributed by atoms with Crippen LogP contribution in [0.15, 0.2) is 0 Å². The second kappa shape index (κ2) is 7.88. The smallest absolute Gasteiger partial charge is 0.327 e. The van der Waals surface area contributed by atoms with E-state index in [4.69, 9.17) is 9.47 Å². The van der Waals surface area contributed by atoms with E-state index >= 15 is 0 Å².